The Kier molecular flexibility index (Phi) is 4.82. The number of benzene rings is 2. The van der Waals surface area contributed by atoms with Crippen LogP contribution >= 0.6 is 11.6 Å². The van der Waals surface area contributed by atoms with Gasteiger partial charge < -0.3 is 10.1 Å². The van der Waals surface area contributed by atoms with Crippen molar-refractivity contribution in [3.05, 3.63) is 83.6 Å². The highest BCUT2D eigenvalue weighted by Crippen LogP contribution is 2.49. The van der Waals surface area contributed by atoms with Gasteiger partial charge in [0.1, 0.15) is 0 Å². The van der Waals surface area contributed by atoms with Gasteiger partial charge in [0, 0.05) is 29.6 Å². The van der Waals surface area contributed by atoms with Gasteiger partial charge in [-0.05, 0) is 48.2 Å². The van der Waals surface area contributed by atoms with E-state index in [1.54, 1.807) is 12.4 Å². The summed E-state index contributed by atoms with van der Waals surface area (Å²) in [6.07, 6.45) is 5.55. The van der Waals surface area contributed by atoms with Crippen LogP contribution in [0.15, 0.2) is 73.1 Å². The maximum absolute atomic E-state index is 13.2. The van der Waals surface area contributed by atoms with E-state index in [1.165, 1.54) is 0 Å². The van der Waals surface area contributed by atoms with Crippen molar-refractivity contribution >= 4 is 23.2 Å². The fourth-order valence-corrected chi connectivity index (χ4v) is 4.98. The molecule has 1 N–H and O–H groups in total. The molecule has 0 unspecified atom stereocenters. The Bertz CT molecular complexity index is 1030. The lowest BCUT2D eigenvalue weighted by Gasteiger charge is -2.27. The Labute approximate surface area is 174 Å². The minimum absolute atomic E-state index is 0.0115. The molecule has 3 aromatic rings. The number of hydrogen-bond donors (Lipinski definition) is 1. The number of amides is 1. The van der Waals surface area contributed by atoms with E-state index in [4.69, 9.17) is 16.3 Å². The van der Waals surface area contributed by atoms with Crippen molar-refractivity contribution in [2.45, 2.75) is 31.0 Å². The number of carbonyl (C=O) groups is 1. The molecule has 1 amide bonds. The van der Waals surface area contributed by atoms with Crippen LogP contribution in [0.5, 0.6) is 0 Å². The molecule has 2 saturated heterocycles. The molecule has 2 bridgehead atoms. The molecule has 2 aliphatic rings. The molecule has 0 saturated carbocycles. The van der Waals surface area contributed by atoms with Crippen molar-refractivity contribution in [1.82, 2.24) is 4.98 Å². The predicted molar refractivity (Wildman–Crippen MR) is 114 cm³/mol. The fraction of sp³-hybridized carbons (Fsp3) is 0.250. The highest BCUT2D eigenvalue weighted by molar-refractivity contribution is 6.33. The average Bonchev–Trinajstić information content (AvgIpc) is 3.37. The van der Waals surface area contributed by atoms with Crippen LogP contribution in [-0.4, -0.2) is 23.1 Å². The number of halogens is 1. The van der Waals surface area contributed by atoms with Crippen molar-refractivity contribution in [2.24, 2.45) is 5.92 Å². The van der Waals surface area contributed by atoms with E-state index in [0.29, 0.717) is 10.7 Å². The van der Waals surface area contributed by atoms with Gasteiger partial charge in [0.25, 0.3) is 0 Å². The Morgan fingerprint density at radius 1 is 1.00 bits per heavy atom. The van der Waals surface area contributed by atoms with Gasteiger partial charge in [-0.15, -0.1) is 0 Å². The molecule has 146 valence electrons. The first kappa shape index (κ1) is 18.3. The number of pyridine rings is 1. The standard InChI is InChI=1S/C24H21ClN2O2/c25-19-14-17(6-7-18(19)15-4-2-1-3-5-15)27-24(28)23-21-9-8-20(29-21)22(23)16-10-12-26-13-11-16/h1-7,10-14,20-23H,8-9H2,(H,27,28)/t20-,21+,22-,23-/m0/s1. The minimum atomic E-state index is -0.205. The Morgan fingerprint density at radius 2 is 1.76 bits per heavy atom. The van der Waals surface area contributed by atoms with Gasteiger partial charge in [-0.2, -0.15) is 0 Å². The second kappa shape index (κ2) is 7.62. The van der Waals surface area contributed by atoms with Crippen LogP contribution in [0.3, 0.4) is 0 Å². The first-order valence-electron chi connectivity index (χ1n) is 9.92. The summed E-state index contributed by atoms with van der Waals surface area (Å²) in [7, 11) is 0. The molecule has 0 radical (unpaired) electrons. The van der Waals surface area contributed by atoms with E-state index >= 15 is 0 Å². The van der Waals surface area contributed by atoms with Gasteiger partial charge in [0.15, 0.2) is 0 Å². The fourth-order valence-electron chi connectivity index (χ4n) is 4.69. The summed E-state index contributed by atoms with van der Waals surface area (Å²) < 4.78 is 6.10. The summed E-state index contributed by atoms with van der Waals surface area (Å²) in [5.41, 5.74) is 3.82. The zero-order chi connectivity index (χ0) is 19.8. The van der Waals surface area contributed by atoms with Gasteiger partial charge >= 0.3 is 0 Å². The van der Waals surface area contributed by atoms with Crippen LogP contribution in [0.2, 0.25) is 5.02 Å². The number of anilines is 1. The third-order valence-electron chi connectivity index (χ3n) is 5.99. The number of fused-ring (bicyclic) bond motifs is 2. The predicted octanol–water partition coefficient (Wildman–Crippen LogP) is 5.30. The van der Waals surface area contributed by atoms with Crippen LogP contribution in [-0.2, 0) is 9.53 Å². The molecule has 5 heteroatoms. The highest BCUT2D eigenvalue weighted by Gasteiger charge is 2.52. The average molecular weight is 405 g/mol. The smallest absolute Gasteiger partial charge is 0.230 e. The molecule has 3 heterocycles. The highest BCUT2D eigenvalue weighted by atomic mass is 35.5. The number of nitrogens with one attached hydrogen (secondary N) is 1. The summed E-state index contributed by atoms with van der Waals surface area (Å²) in [5, 5.41) is 3.68. The van der Waals surface area contributed by atoms with Crippen LogP contribution < -0.4 is 5.32 Å². The molecule has 2 aromatic carbocycles. The Morgan fingerprint density at radius 3 is 2.52 bits per heavy atom. The van der Waals surface area contributed by atoms with Crippen molar-refractivity contribution in [1.29, 1.82) is 0 Å². The number of rotatable bonds is 4. The molecule has 1 aromatic heterocycles. The molecule has 0 spiro atoms. The topological polar surface area (TPSA) is 51.2 Å². The van der Waals surface area contributed by atoms with Gasteiger partial charge in [-0.3, -0.25) is 9.78 Å². The number of hydrogen-bond acceptors (Lipinski definition) is 3. The van der Waals surface area contributed by atoms with Gasteiger partial charge in [0.05, 0.1) is 23.1 Å². The van der Waals surface area contributed by atoms with Crippen LogP contribution in [0.4, 0.5) is 5.69 Å². The molecule has 0 aliphatic carbocycles. The van der Waals surface area contributed by atoms with Crippen molar-refractivity contribution in [3.63, 3.8) is 0 Å². The van der Waals surface area contributed by atoms with Crippen molar-refractivity contribution in [3.8, 4) is 11.1 Å². The van der Waals surface area contributed by atoms with E-state index in [2.05, 4.69) is 10.3 Å². The first-order chi connectivity index (χ1) is 14.2. The second-order valence-electron chi connectivity index (χ2n) is 7.67. The molecule has 2 aliphatic heterocycles. The summed E-state index contributed by atoms with van der Waals surface area (Å²) in [6.45, 7) is 0. The lowest BCUT2D eigenvalue weighted by Crippen LogP contribution is -2.36. The van der Waals surface area contributed by atoms with Crippen LogP contribution in [0, 0.1) is 5.92 Å². The summed E-state index contributed by atoms with van der Waals surface area (Å²) in [4.78, 5) is 17.3. The summed E-state index contributed by atoms with van der Waals surface area (Å²) in [5.74, 6) is -0.151. The summed E-state index contributed by atoms with van der Waals surface area (Å²) >= 11 is 6.51. The molecular formula is C24H21ClN2O2. The Balaban J connectivity index is 1.38. The molecule has 2 fully saturated rings. The first-order valence-corrected chi connectivity index (χ1v) is 10.3. The van der Waals surface area contributed by atoms with Crippen molar-refractivity contribution in [2.75, 3.05) is 5.32 Å². The minimum Gasteiger partial charge on any atom is -0.373 e. The number of nitrogens with zero attached hydrogens (tertiary/aromatic N) is 1. The molecule has 29 heavy (non-hydrogen) atoms. The van der Waals surface area contributed by atoms with Gasteiger partial charge in [-0.25, -0.2) is 0 Å². The van der Waals surface area contributed by atoms with Gasteiger partial charge in [-0.1, -0.05) is 48.0 Å². The van der Waals surface area contributed by atoms with E-state index in [-0.39, 0.29) is 30.0 Å². The largest absolute Gasteiger partial charge is 0.373 e. The summed E-state index contributed by atoms with van der Waals surface area (Å²) in [6, 6.07) is 19.6. The Hall–Kier alpha value is -2.69. The maximum Gasteiger partial charge on any atom is 0.230 e. The number of ether oxygens (including phenoxy) is 1. The normalized spacial score (nSPS) is 25.1. The SMILES string of the molecule is O=C(Nc1ccc(-c2ccccc2)c(Cl)c1)[C@@H]1[C@@H](c2ccncc2)[C@@H]2CC[C@H]1O2. The van der Waals surface area contributed by atoms with Crippen LogP contribution in [0.25, 0.3) is 11.1 Å². The third kappa shape index (κ3) is 3.43. The number of aromatic nitrogens is 1. The quantitative estimate of drug-likeness (QED) is 0.641. The van der Waals surface area contributed by atoms with E-state index in [0.717, 1.165) is 29.5 Å². The number of carbonyl (C=O) groups excluding carboxylic acids is 1. The molecule has 4 nitrogen and oxygen atoms in total. The molecule has 5 rings (SSSR count). The molecular weight excluding hydrogens is 384 g/mol. The van der Waals surface area contributed by atoms with E-state index < -0.39 is 0 Å². The maximum atomic E-state index is 13.2. The van der Waals surface area contributed by atoms with E-state index in [1.807, 2.05) is 60.7 Å². The van der Waals surface area contributed by atoms with E-state index in [9.17, 15) is 4.79 Å². The zero-order valence-corrected chi connectivity index (χ0v) is 16.5. The zero-order valence-electron chi connectivity index (χ0n) is 15.8. The van der Waals surface area contributed by atoms with Gasteiger partial charge in [0.2, 0.25) is 5.91 Å². The van der Waals surface area contributed by atoms with Crippen LogP contribution in [0.1, 0.15) is 24.3 Å². The van der Waals surface area contributed by atoms with Crippen molar-refractivity contribution < 1.29 is 9.53 Å². The second-order valence-corrected chi connectivity index (χ2v) is 8.08. The lowest BCUT2D eigenvalue weighted by molar-refractivity contribution is -0.121. The third-order valence-corrected chi connectivity index (χ3v) is 6.30. The monoisotopic (exact) mass is 404 g/mol. The molecule has 4 atom stereocenters. The lowest BCUT2D eigenvalue weighted by atomic mass is 9.75.